The lowest BCUT2D eigenvalue weighted by molar-refractivity contribution is 0.137. The van der Waals surface area contributed by atoms with Gasteiger partial charge in [0.15, 0.2) is 11.2 Å². The summed E-state index contributed by atoms with van der Waals surface area (Å²) in [5.74, 6) is 0.575. The van der Waals surface area contributed by atoms with Gasteiger partial charge in [0, 0.05) is 52.5 Å². The highest BCUT2D eigenvalue weighted by molar-refractivity contribution is 5.84. The summed E-state index contributed by atoms with van der Waals surface area (Å²) >= 11 is 0. The lowest BCUT2D eigenvalue weighted by Crippen LogP contribution is -2.47. The van der Waals surface area contributed by atoms with Gasteiger partial charge in [0.2, 0.25) is 5.95 Å². The number of benzene rings is 1. The number of imidazole rings is 1. The van der Waals surface area contributed by atoms with E-state index in [9.17, 15) is 14.4 Å². The van der Waals surface area contributed by atoms with Gasteiger partial charge in [-0.05, 0) is 12.1 Å². The zero-order valence-electron chi connectivity index (χ0n) is 17.5. The van der Waals surface area contributed by atoms with Crippen molar-refractivity contribution in [3.63, 3.8) is 0 Å². The van der Waals surface area contributed by atoms with Crippen LogP contribution in [0.1, 0.15) is 0 Å². The van der Waals surface area contributed by atoms with E-state index in [0.29, 0.717) is 49.0 Å². The molecule has 3 heterocycles. The molecule has 4 rings (SSSR count). The van der Waals surface area contributed by atoms with E-state index in [4.69, 9.17) is 4.74 Å². The summed E-state index contributed by atoms with van der Waals surface area (Å²) in [5, 5.41) is 2.69. The zero-order chi connectivity index (χ0) is 22.0. The number of piperazine rings is 1. The van der Waals surface area contributed by atoms with E-state index in [1.807, 2.05) is 23.1 Å². The van der Waals surface area contributed by atoms with E-state index >= 15 is 0 Å². The Balaban J connectivity index is 1.29. The summed E-state index contributed by atoms with van der Waals surface area (Å²) in [7, 11) is 3.05. The molecule has 1 saturated heterocycles. The number of aromatic amines is 1. The first-order chi connectivity index (χ1) is 14.9. The van der Waals surface area contributed by atoms with E-state index in [-0.39, 0.29) is 5.56 Å². The topological polar surface area (TPSA) is 117 Å². The Morgan fingerprint density at radius 1 is 1.10 bits per heavy atom. The molecule has 1 aliphatic heterocycles. The van der Waals surface area contributed by atoms with Crippen LogP contribution in [-0.2, 0) is 18.8 Å². The molecule has 1 aromatic carbocycles. The summed E-state index contributed by atoms with van der Waals surface area (Å²) in [6, 6.07) is 9.16. The van der Waals surface area contributed by atoms with Crippen molar-refractivity contribution in [1.29, 1.82) is 0 Å². The molecule has 1 fully saturated rings. The van der Waals surface area contributed by atoms with Crippen LogP contribution in [0.5, 0.6) is 0 Å². The molecule has 0 aliphatic carbocycles. The van der Waals surface area contributed by atoms with Gasteiger partial charge in [-0.3, -0.25) is 24.1 Å². The number of hydrogen-bond acceptors (Lipinski definition) is 7. The molecule has 2 N–H and O–H groups in total. The third-order valence-corrected chi connectivity index (χ3v) is 5.41. The van der Waals surface area contributed by atoms with E-state index < -0.39 is 11.8 Å². The number of nitrogens with zero attached hydrogens (tertiary/aromatic N) is 5. The van der Waals surface area contributed by atoms with Crippen LogP contribution in [0.15, 0.2) is 39.9 Å². The van der Waals surface area contributed by atoms with Crippen molar-refractivity contribution in [2.45, 2.75) is 0 Å². The van der Waals surface area contributed by atoms with Gasteiger partial charge in [0.25, 0.3) is 5.56 Å². The van der Waals surface area contributed by atoms with Crippen LogP contribution in [-0.4, -0.2) is 69.4 Å². The largest absolute Gasteiger partial charge is 0.448 e. The van der Waals surface area contributed by atoms with Crippen LogP contribution >= 0.6 is 0 Å². The van der Waals surface area contributed by atoms with Crippen molar-refractivity contribution in [2.75, 3.05) is 49.5 Å². The van der Waals surface area contributed by atoms with E-state index in [0.717, 1.165) is 17.7 Å². The van der Waals surface area contributed by atoms with Gasteiger partial charge in [0.05, 0.1) is 0 Å². The number of anilines is 2. The van der Waals surface area contributed by atoms with Crippen LogP contribution in [0.4, 0.5) is 16.4 Å². The maximum absolute atomic E-state index is 12.3. The number of H-pyrrole nitrogens is 1. The molecule has 31 heavy (non-hydrogen) atoms. The number of amides is 1. The Labute approximate surface area is 177 Å². The minimum Gasteiger partial charge on any atom is -0.448 e. The number of rotatable bonds is 5. The molecular formula is C20H25N7O4. The minimum atomic E-state index is -0.473. The second-order valence-corrected chi connectivity index (χ2v) is 7.42. The van der Waals surface area contributed by atoms with Gasteiger partial charge in [-0.2, -0.15) is 4.98 Å². The standard InChI is InChI=1S/C20H25N7O4/c1-24-16-15(17(28)25(2)20(24)30)22-18(23-16)27-10-8-26(9-11-27)12-13-31-19(29)21-14-6-4-3-5-7-14/h3-7H,8-13H2,1-2H3,(H,21,29)(H,22,23). The fourth-order valence-corrected chi connectivity index (χ4v) is 3.59. The number of para-hydroxylation sites is 1. The third-order valence-electron chi connectivity index (χ3n) is 5.41. The predicted octanol–water partition coefficient (Wildman–Crippen LogP) is 0.331. The molecule has 164 valence electrons. The molecule has 1 aliphatic rings. The number of fused-ring (bicyclic) bond motifs is 1. The number of nitrogens with one attached hydrogen (secondary N) is 2. The maximum atomic E-state index is 12.3. The highest BCUT2D eigenvalue weighted by Gasteiger charge is 2.21. The van der Waals surface area contributed by atoms with Crippen molar-refractivity contribution in [3.8, 4) is 0 Å². The summed E-state index contributed by atoms with van der Waals surface area (Å²) < 4.78 is 7.69. The van der Waals surface area contributed by atoms with Crippen molar-refractivity contribution in [2.24, 2.45) is 14.1 Å². The molecular weight excluding hydrogens is 402 g/mol. The molecule has 0 spiro atoms. The Bertz CT molecular complexity index is 1190. The van der Waals surface area contributed by atoms with E-state index in [1.165, 1.54) is 11.6 Å². The molecule has 11 nitrogen and oxygen atoms in total. The number of aromatic nitrogens is 4. The summed E-state index contributed by atoms with van der Waals surface area (Å²) in [6.07, 6.45) is -0.473. The number of carbonyl (C=O) groups is 1. The molecule has 11 heteroatoms. The van der Waals surface area contributed by atoms with Gasteiger partial charge in [-0.1, -0.05) is 18.2 Å². The second-order valence-electron chi connectivity index (χ2n) is 7.42. The molecule has 0 unspecified atom stereocenters. The zero-order valence-corrected chi connectivity index (χ0v) is 17.5. The highest BCUT2D eigenvalue weighted by Crippen LogP contribution is 2.15. The molecule has 0 saturated carbocycles. The lowest BCUT2D eigenvalue weighted by Gasteiger charge is -2.34. The molecule has 0 bridgehead atoms. The lowest BCUT2D eigenvalue weighted by atomic mass is 10.3. The van der Waals surface area contributed by atoms with E-state index in [2.05, 4.69) is 20.2 Å². The van der Waals surface area contributed by atoms with Crippen LogP contribution in [0.2, 0.25) is 0 Å². The molecule has 1 amide bonds. The normalized spacial score (nSPS) is 14.7. The predicted molar refractivity (Wildman–Crippen MR) is 117 cm³/mol. The first-order valence-corrected chi connectivity index (χ1v) is 10.1. The number of ether oxygens (including phenoxy) is 1. The Kier molecular flexibility index (Phi) is 5.76. The summed E-state index contributed by atoms with van der Waals surface area (Å²) in [6.45, 7) is 3.84. The molecule has 0 radical (unpaired) electrons. The summed E-state index contributed by atoms with van der Waals surface area (Å²) in [5.41, 5.74) is 0.570. The Hall–Kier alpha value is -3.60. The van der Waals surface area contributed by atoms with E-state index in [1.54, 1.807) is 19.2 Å². The van der Waals surface area contributed by atoms with Crippen molar-refractivity contribution < 1.29 is 9.53 Å². The van der Waals surface area contributed by atoms with Gasteiger partial charge < -0.3 is 14.6 Å². The first kappa shape index (κ1) is 20.7. The van der Waals surface area contributed by atoms with Gasteiger partial charge >= 0.3 is 11.8 Å². The fourth-order valence-electron chi connectivity index (χ4n) is 3.59. The minimum absolute atomic E-state index is 0.293. The van der Waals surface area contributed by atoms with Crippen LogP contribution in [0, 0.1) is 0 Å². The Morgan fingerprint density at radius 3 is 2.52 bits per heavy atom. The molecule has 0 atom stereocenters. The first-order valence-electron chi connectivity index (χ1n) is 10.1. The van der Waals surface area contributed by atoms with Gasteiger partial charge in [-0.15, -0.1) is 0 Å². The maximum Gasteiger partial charge on any atom is 0.411 e. The SMILES string of the molecule is Cn1c(=O)c2[nH]c(N3CCN(CCOC(=O)Nc4ccccc4)CC3)nc2n(C)c1=O. The second kappa shape index (κ2) is 8.64. The average Bonchev–Trinajstić information content (AvgIpc) is 3.23. The summed E-state index contributed by atoms with van der Waals surface area (Å²) in [4.78, 5) is 48.1. The van der Waals surface area contributed by atoms with Crippen LogP contribution < -0.4 is 21.5 Å². The molecule has 3 aromatic rings. The number of aryl methyl sites for hydroxylation is 1. The van der Waals surface area contributed by atoms with Crippen LogP contribution in [0.3, 0.4) is 0 Å². The smallest absolute Gasteiger partial charge is 0.411 e. The monoisotopic (exact) mass is 427 g/mol. The quantitative estimate of drug-likeness (QED) is 0.603. The van der Waals surface area contributed by atoms with Gasteiger partial charge in [0.1, 0.15) is 6.61 Å². The highest BCUT2D eigenvalue weighted by atomic mass is 16.5. The average molecular weight is 427 g/mol. The van der Waals surface area contributed by atoms with Crippen molar-refractivity contribution in [3.05, 3.63) is 51.2 Å². The number of hydrogen-bond donors (Lipinski definition) is 2. The van der Waals surface area contributed by atoms with Crippen molar-refractivity contribution >= 4 is 28.9 Å². The Morgan fingerprint density at radius 2 is 1.81 bits per heavy atom. The number of carbonyl (C=O) groups excluding carboxylic acids is 1. The third kappa shape index (κ3) is 4.31. The van der Waals surface area contributed by atoms with Crippen LogP contribution in [0.25, 0.3) is 11.2 Å². The fraction of sp³-hybridized carbons (Fsp3) is 0.400. The molecule has 2 aromatic heterocycles. The van der Waals surface area contributed by atoms with Gasteiger partial charge in [-0.25, -0.2) is 9.59 Å². The van der Waals surface area contributed by atoms with Crippen molar-refractivity contribution in [1.82, 2.24) is 24.0 Å².